The number of hydrogen-bond donors (Lipinski definition) is 0. The summed E-state index contributed by atoms with van der Waals surface area (Å²) in [5.41, 5.74) is 2.42. The van der Waals surface area contributed by atoms with Crippen LogP contribution in [0.4, 0.5) is 0 Å². The molecule has 1 aliphatic carbocycles. The minimum Gasteiger partial charge on any atom is -0.458 e. The summed E-state index contributed by atoms with van der Waals surface area (Å²) in [5, 5.41) is 0. The molecular weight excluding hydrogens is 228 g/mol. The van der Waals surface area contributed by atoms with Crippen molar-refractivity contribution in [3.05, 3.63) is 11.1 Å². The van der Waals surface area contributed by atoms with Crippen molar-refractivity contribution < 1.29 is 14.3 Å². The zero-order valence-electron chi connectivity index (χ0n) is 11.3. The van der Waals surface area contributed by atoms with Gasteiger partial charge in [-0.3, -0.25) is 0 Å². The van der Waals surface area contributed by atoms with Crippen LogP contribution in [0, 0.1) is 17.3 Å². The number of cyclic esters (lactones) is 1. The predicted molar refractivity (Wildman–Crippen MR) is 65.9 cm³/mol. The molecule has 3 aliphatic heterocycles. The quantitative estimate of drug-likeness (QED) is 0.618. The van der Waals surface area contributed by atoms with Gasteiger partial charge in [0.2, 0.25) is 0 Å². The van der Waals surface area contributed by atoms with E-state index in [9.17, 15) is 4.79 Å². The van der Waals surface area contributed by atoms with Gasteiger partial charge in [-0.2, -0.15) is 0 Å². The SMILES string of the molecule is CC1(C)C[C@H]2[C@@H]3O[C@@](C)(CC4=C3C(=O)OC4)[C@H]2C1. The smallest absolute Gasteiger partial charge is 0.337 e. The predicted octanol–water partition coefficient (Wildman–Crippen LogP) is 2.45. The third kappa shape index (κ3) is 1.21. The van der Waals surface area contributed by atoms with Crippen LogP contribution in [0.5, 0.6) is 0 Å². The van der Waals surface area contributed by atoms with E-state index in [0.717, 1.165) is 12.0 Å². The molecule has 0 spiro atoms. The second-order valence-electron chi connectivity index (χ2n) is 7.46. The van der Waals surface area contributed by atoms with Crippen molar-refractivity contribution in [1.82, 2.24) is 0 Å². The van der Waals surface area contributed by atoms with E-state index in [1.807, 2.05) is 0 Å². The summed E-state index contributed by atoms with van der Waals surface area (Å²) >= 11 is 0. The average Bonchev–Trinajstić information content (AvgIpc) is 2.83. The van der Waals surface area contributed by atoms with Gasteiger partial charge in [0.15, 0.2) is 0 Å². The van der Waals surface area contributed by atoms with Crippen LogP contribution in [-0.4, -0.2) is 24.3 Å². The molecule has 4 atom stereocenters. The Bertz CT molecular complexity index is 476. The van der Waals surface area contributed by atoms with Crippen molar-refractivity contribution >= 4 is 5.97 Å². The molecule has 18 heavy (non-hydrogen) atoms. The van der Waals surface area contributed by atoms with E-state index in [0.29, 0.717) is 23.9 Å². The first-order valence-corrected chi connectivity index (χ1v) is 6.97. The van der Waals surface area contributed by atoms with Gasteiger partial charge in [-0.25, -0.2) is 4.79 Å². The fourth-order valence-corrected chi connectivity index (χ4v) is 4.85. The minimum atomic E-state index is -0.123. The van der Waals surface area contributed by atoms with Crippen molar-refractivity contribution in [3.63, 3.8) is 0 Å². The fraction of sp³-hybridized carbons (Fsp3) is 0.800. The fourth-order valence-electron chi connectivity index (χ4n) is 4.85. The first-order chi connectivity index (χ1) is 8.40. The maximum Gasteiger partial charge on any atom is 0.337 e. The van der Waals surface area contributed by atoms with Crippen LogP contribution in [-0.2, 0) is 14.3 Å². The van der Waals surface area contributed by atoms with Crippen LogP contribution in [0.2, 0.25) is 0 Å². The van der Waals surface area contributed by atoms with E-state index in [1.54, 1.807) is 0 Å². The van der Waals surface area contributed by atoms with Gasteiger partial charge in [0.05, 0.1) is 17.3 Å². The standard InChI is InChI=1S/C15H20O3/c1-14(2)5-9-10(6-14)15(3)4-8-7-17-13(16)11(8)12(9)18-15/h9-10,12H,4-7H2,1-3H3/t9-,10+,12+,15+/m1/s1. The van der Waals surface area contributed by atoms with Crippen molar-refractivity contribution in [2.45, 2.75) is 51.7 Å². The number of hydrogen-bond acceptors (Lipinski definition) is 3. The molecule has 1 saturated heterocycles. The average molecular weight is 248 g/mol. The second kappa shape index (κ2) is 3.01. The van der Waals surface area contributed by atoms with Crippen LogP contribution in [0.3, 0.4) is 0 Å². The van der Waals surface area contributed by atoms with Gasteiger partial charge < -0.3 is 9.47 Å². The first kappa shape index (κ1) is 11.0. The van der Waals surface area contributed by atoms with Gasteiger partial charge in [-0.1, -0.05) is 13.8 Å². The Kier molecular flexibility index (Phi) is 1.84. The van der Waals surface area contributed by atoms with E-state index in [2.05, 4.69) is 20.8 Å². The third-order valence-corrected chi connectivity index (χ3v) is 5.47. The van der Waals surface area contributed by atoms with Crippen LogP contribution in [0.1, 0.15) is 40.0 Å². The minimum absolute atomic E-state index is 0.0144. The molecule has 0 aromatic rings. The molecule has 0 aromatic carbocycles. The molecule has 4 rings (SSSR count). The molecule has 0 N–H and O–H groups in total. The summed E-state index contributed by atoms with van der Waals surface area (Å²) in [6.07, 6.45) is 3.30. The lowest BCUT2D eigenvalue weighted by Gasteiger charge is -2.35. The van der Waals surface area contributed by atoms with E-state index >= 15 is 0 Å². The lowest BCUT2D eigenvalue weighted by atomic mass is 9.80. The normalized spacial score (nSPS) is 48.2. The van der Waals surface area contributed by atoms with Crippen LogP contribution < -0.4 is 0 Å². The van der Waals surface area contributed by atoms with Gasteiger partial charge in [-0.15, -0.1) is 0 Å². The highest BCUT2D eigenvalue weighted by molar-refractivity contribution is 5.93. The second-order valence-corrected chi connectivity index (χ2v) is 7.46. The van der Waals surface area contributed by atoms with E-state index in [4.69, 9.17) is 9.47 Å². The molecule has 0 amide bonds. The Hall–Kier alpha value is -0.830. The van der Waals surface area contributed by atoms with Gasteiger partial charge in [0.25, 0.3) is 0 Å². The number of carbonyl (C=O) groups excluding carboxylic acids is 1. The summed E-state index contributed by atoms with van der Waals surface area (Å²) in [6, 6.07) is 0. The highest BCUT2D eigenvalue weighted by Crippen LogP contribution is 2.62. The number of esters is 1. The van der Waals surface area contributed by atoms with Gasteiger partial charge >= 0.3 is 5.97 Å². The lowest BCUT2D eigenvalue weighted by Crippen LogP contribution is -2.37. The molecule has 4 aliphatic rings. The number of rotatable bonds is 0. The Morgan fingerprint density at radius 2 is 2.00 bits per heavy atom. The first-order valence-electron chi connectivity index (χ1n) is 6.97. The molecule has 0 aromatic heterocycles. The molecule has 3 nitrogen and oxygen atoms in total. The molecule has 0 radical (unpaired) electrons. The topological polar surface area (TPSA) is 35.5 Å². The lowest BCUT2D eigenvalue weighted by molar-refractivity contribution is -0.137. The van der Waals surface area contributed by atoms with Gasteiger partial charge in [0, 0.05) is 6.42 Å². The molecular formula is C15H20O3. The van der Waals surface area contributed by atoms with Crippen LogP contribution in [0.15, 0.2) is 11.1 Å². The Labute approximate surface area is 108 Å². The monoisotopic (exact) mass is 248 g/mol. The van der Waals surface area contributed by atoms with Crippen LogP contribution >= 0.6 is 0 Å². The maximum absolute atomic E-state index is 11.9. The van der Waals surface area contributed by atoms with Crippen molar-refractivity contribution in [2.24, 2.45) is 17.3 Å². The molecule has 98 valence electrons. The van der Waals surface area contributed by atoms with Crippen molar-refractivity contribution in [1.29, 1.82) is 0 Å². The summed E-state index contributed by atoms with van der Waals surface area (Å²) < 4.78 is 11.5. The molecule has 1 saturated carbocycles. The zero-order chi connectivity index (χ0) is 12.7. The molecule has 3 heteroatoms. The highest BCUT2D eigenvalue weighted by atomic mass is 16.6. The molecule has 2 fully saturated rings. The van der Waals surface area contributed by atoms with E-state index < -0.39 is 0 Å². The van der Waals surface area contributed by atoms with Crippen LogP contribution in [0.25, 0.3) is 0 Å². The summed E-state index contributed by atoms with van der Waals surface area (Å²) in [7, 11) is 0. The summed E-state index contributed by atoms with van der Waals surface area (Å²) in [5.74, 6) is 1.00. The third-order valence-electron chi connectivity index (χ3n) is 5.47. The Balaban J connectivity index is 1.79. The molecule has 3 heterocycles. The zero-order valence-corrected chi connectivity index (χ0v) is 11.3. The van der Waals surface area contributed by atoms with Crippen molar-refractivity contribution in [2.75, 3.05) is 6.61 Å². The molecule has 0 unspecified atom stereocenters. The number of carbonyl (C=O) groups is 1. The largest absolute Gasteiger partial charge is 0.458 e. The number of fused-ring (bicyclic) bond motifs is 6. The van der Waals surface area contributed by atoms with Gasteiger partial charge in [-0.05, 0) is 42.6 Å². The van der Waals surface area contributed by atoms with E-state index in [1.165, 1.54) is 18.4 Å². The van der Waals surface area contributed by atoms with Gasteiger partial charge in [0.1, 0.15) is 6.61 Å². The van der Waals surface area contributed by atoms with E-state index in [-0.39, 0.29) is 17.7 Å². The molecule has 2 bridgehead atoms. The Morgan fingerprint density at radius 3 is 2.78 bits per heavy atom. The summed E-state index contributed by atoms with van der Waals surface area (Å²) in [4.78, 5) is 11.9. The number of ether oxygens (including phenoxy) is 2. The van der Waals surface area contributed by atoms with Crippen molar-refractivity contribution in [3.8, 4) is 0 Å². The summed E-state index contributed by atoms with van der Waals surface area (Å²) in [6.45, 7) is 7.42. The highest BCUT2D eigenvalue weighted by Gasteiger charge is 2.62. The Morgan fingerprint density at radius 1 is 1.22 bits per heavy atom. The maximum atomic E-state index is 11.9.